The number of carbonyl (C=O) groups excluding carboxylic acids is 3. The average molecular weight is 412 g/mol. The van der Waals surface area contributed by atoms with Crippen molar-refractivity contribution in [2.45, 2.75) is 31.8 Å². The molecule has 2 aromatic carbocycles. The summed E-state index contributed by atoms with van der Waals surface area (Å²) in [4.78, 5) is 38.9. The van der Waals surface area contributed by atoms with Crippen molar-refractivity contribution in [1.82, 2.24) is 10.2 Å². The molecule has 0 spiro atoms. The molecule has 0 bridgehead atoms. The lowest BCUT2D eigenvalue weighted by molar-refractivity contribution is -0.128. The van der Waals surface area contributed by atoms with Crippen molar-refractivity contribution in [2.75, 3.05) is 11.9 Å². The van der Waals surface area contributed by atoms with Gasteiger partial charge in [-0.1, -0.05) is 35.9 Å². The summed E-state index contributed by atoms with van der Waals surface area (Å²) in [5, 5.41) is 6.38. The fraction of sp³-hybridized carbons (Fsp3) is 0.318. The number of amides is 3. The second-order valence-electron chi connectivity index (χ2n) is 7.58. The Morgan fingerprint density at radius 3 is 2.66 bits per heavy atom. The highest BCUT2D eigenvalue weighted by Crippen LogP contribution is 2.25. The predicted octanol–water partition coefficient (Wildman–Crippen LogP) is 3.22. The maximum atomic E-state index is 12.7. The van der Waals surface area contributed by atoms with E-state index in [2.05, 4.69) is 10.6 Å². The lowest BCUT2D eigenvalue weighted by Gasteiger charge is -2.17. The highest BCUT2D eigenvalue weighted by Gasteiger charge is 2.34. The Bertz CT molecular complexity index is 958. The Balaban J connectivity index is 1.37. The molecule has 2 fully saturated rings. The SMILES string of the molecule is O=C(NC1CC1)c1cccc(NC(=O)C2CC(=O)N(Cc3ccccc3Cl)C2)c1. The van der Waals surface area contributed by atoms with Gasteiger partial charge in [-0.3, -0.25) is 14.4 Å². The summed E-state index contributed by atoms with van der Waals surface area (Å²) in [6.07, 6.45) is 2.20. The molecule has 29 heavy (non-hydrogen) atoms. The first-order valence-corrected chi connectivity index (χ1v) is 10.1. The van der Waals surface area contributed by atoms with Crippen LogP contribution in [0, 0.1) is 5.92 Å². The molecule has 0 aromatic heterocycles. The lowest BCUT2D eigenvalue weighted by Crippen LogP contribution is -2.28. The minimum Gasteiger partial charge on any atom is -0.349 e. The van der Waals surface area contributed by atoms with Gasteiger partial charge in [0.25, 0.3) is 5.91 Å². The molecule has 4 rings (SSSR count). The van der Waals surface area contributed by atoms with Crippen LogP contribution in [0.25, 0.3) is 0 Å². The standard InChI is InChI=1S/C22H22ClN3O3/c23-19-7-2-1-4-15(19)12-26-13-16(11-20(26)27)22(29)25-18-6-3-5-14(10-18)21(28)24-17-8-9-17/h1-7,10,16-17H,8-9,11-13H2,(H,24,28)(H,25,29). The van der Waals surface area contributed by atoms with Crippen LogP contribution in [0.15, 0.2) is 48.5 Å². The summed E-state index contributed by atoms with van der Waals surface area (Å²) in [6, 6.07) is 14.5. The second kappa shape index (κ2) is 8.25. The molecule has 2 aliphatic rings. The van der Waals surface area contributed by atoms with E-state index >= 15 is 0 Å². The number of likely N-dealkylation sites (tertiary alicyclic amines) is 1. The number of carbonyl (C=O) groups is 3. The van der Waals surface area contributed by atoms with Gasteiger partial charge in [0.15, 0.2) is 0 Å². The largest absolute Gasteiger partial charge is 0.349 e. The van der Waals surface area contributed by atoms with Crippen LogP contribution >= 0.6 is 11.6 Å². The molecule has 1 heterocycles. The topological polar surface area (TPSA) is 78.5 Å². The van der Waals surface area contributed by atoms with Crippen molar-refractivity contribution in [3.63, 3.8) is 0 Å². The van der Waals surface area contributed by atoms with E-state index in [0.717, 1.165) is 18.4 Å². The predicted molar refractivity (Wildman–Crippen MR) is 111 cm³/mol. The molecule has 1 saturated heterocycles. The number of halogens is 1. The van der Waals surface area contributed by atoms with Crippen molar-refractivity contribution >= 4 is 35.0 Å². The van der Waals surface area contributed by atoms with Gasteiger partial charge in [0.05, 0.1) is 5.92 Å². The minimum atomic E-state index is -0.436. The van der Waals surface area contributed by atoms with Gasteiger partial charge < -0.3 is 15.5 Å². The van der Waals surface area contributed by atoms with E-state index in [9.17, 15) is 14.4 Å². The van der Waals surface area contributed by atoms with Gasteiger partial charge in [-0.2, -0.15) is 0 Å². The van der Waals surface area contributed by atoms with Gasteiger partial charge in [0.1, 0.15) is 0 Å². The maximum Gasteiger partial charge on any atom is 0.251 e. The quantitative estimate of drug-likeness (QED) is 0.766. The van der Waals surface area contributed by atoms with Crippen LogP contribution in [0.5, 0.6) is 0 Å². The Morgan fingerprint density at radius 2 is 1.90 bits per heavy atom. The smallest absolute Gasteiger partial charge is 0.251 e. The van der Waals surface area contributed by atoms with Gasteiger partial charge in [-0.25, -0.2) is 0 Å². The molecule has 1 aliphatic carbocycles. The van der Waals surface area contributed by atoms with Crippen molar-refractivity contribution in [3.8, 4) is 0 Å². The zero-order chi connectivity index (χ0) is 20.4. The number of hydrogen-bond acceptors (Lipinski definition) is 3. The van der Waals surface area contributed by atoms with Crippen LogP contribution in [0.3, 0.4) is 0 Å². The zero-order valence-corrected chi connectivity index (χ0v) is 16.6. The number of rotatable bonds is 6. The second-order valence-corrected chi connectivity index (χ2v) is 7.99. The van der Waals surface area contributed by atoms with Crippen LogP contribution in [-0.2, 0) is 16.1 Å². The fourth-order valence-electron chi connectivity index (χ4n) is 3.41. The molecule has 1 unspecified atom stereocenters. The highest BCUT2D eigenvalue weighted by atomic mass is 35.5. The molecule has 2 N–H and O–H groups in total. The molecule has 0 radical (unpaired) electrons. The first-order valence-electron chi connectivity index (χ1n) is 9.72. The fourth-order valence-corrected chi connectivity index (χ4v) is 3.61. The summed E-state index contributed by atoms with van der Waals surface area (Å²) in [5.41, 5.74) is 1.92. The van der Waals surface area contributed by atoms with E-state index in [1.807, 2.05) is 18.2 Å². The van der Waals surface area contributed by atoms with Crippen LogP contribution in [0.1, 0.15) is 35.2 Å². The molecule has 1 saturated carbocycles. The molecule has 1 aliphatic heterocycles. The summed E-state index contributed by atoms with van der Waals surface area (Å²) in [7, 11) is 0. The van der Waals surface area contributed by atoms with E-state index in [4.69, 9.17) is 11.6 Å². The normalized spacial score (nSPS) is 18.6. The molecule has 3 amide bonds. The molecule has 2 aromatic rings. The van der Waals surface area contributed by atoms with Crippen LogP contribution in [0.4, 0.5) is 5.69 Å². The van der Waals surface area contributed by atoms with Crippen molar-refractivity contribution in [2.24, 2.45) is 5.92 Å². The minimum absolute atomic E-state index is 0.0670. The number of benzene rings is 2. The van der Waals surface area contributed by atoms with E-state index in [1.165, 1.54) is 0 Å². The number of anilines is 1. The lowest BCUT2D eigenvalue weighted by atomic mass is 10.1. The van der Waals surface area contributed by atoms with Gasteiger partial charge in [0.2, 0.25) is 11.8 Å². The molecular weight excluding hydrogens is 390 g/mol. The molecule has 7 heteroatoms. The Labute approximate surface area is 174 Å². The van der Waals surface area contributed by atoms with Gasteiger partial charge in [-0.15, -0.1) is 0 Å². The van der Waals surface area contributed by atoms with Crippen molar-refractivity contribution < 1.29 is 14.4 Å². The summed E-state index contributed by atoms with van der Waals surface area (Å²) in [6.45, 7) is 0.733. The third kappa shape index (κ3) is 4.77. The van der Waals surface area contributed by atoms with E-state index in [1.54, 1.807) is 35.2 Å². The van der Waals surface area contributed by atoms with Crippen LogP contribution in [-0.4, -0.2) is 35.2 Å². The van der Waals surface area contributed by atoms with Gasteiger partial charge in [0, 0.05) is 41.8 Å². The van der Waals surface area contributed by atoms with Gasteiger partial charge in [-0.05, 0) is 42.7 Å². The molecule has 150 valence electrons. The molecule has 1 atom stereocenters. The van der Waals surface area contributed by atoms with Crippen LogP contribution in [0.2, 0.25) is 5.02 Å². The summed E-state index contributed by atoms with van der Waals surface area (Å²) in [5.74, 6) is -0.859. The molecular formula is C22H22ClN3O3. The summed E-state index contributed by atoms with van der Waals surface area (Å²) >= 11 is 6.18. The number of nitrogens with zero attached hydrogens (tertiary/aromatic N) is 1. The Morgan fingerprint density at radius 1 is 1.10 bits per heavy atom. The van der Waals surface area contributed by atoms with Crippen molar-refractivity contribution in [3.05, 3.63) is 64.7 Å². The van der Waals surface area contributed by atoms with Gasteiger partial charge >= 0.3 is 0 Å². The van der Waals surface area contributed by atoms with Crippen molar-refractivity contribution in [1.29, 1.82) is 0 Å². The monoisotopic (exact) mass is 411 g/mol. The molecule has 6 nitrogen and oxygen atoms in total. The van der Waals surface area contributed by atoms with Crippen LogP contribution < -0.4 is 10.6 Å². The number of nitrogens with one attached hydrogen (secondary N) is 2. The van der Waals surface area contributed by atoms with E-state index in [-0.39, 0.29) is 30.2 Å². The zero-order valence-electron chi connectivity index (χ0n) is 15.9. The third-order valence-corrected chi connectivity index (χ3v) is 5.58. The van der Waals surface area contributed by atoms with E-state index < -0.39 is 5.92 Å². The summed E-state index contributed by atoms with van der Waals surface area (Å²) < 4.78 is 0. The Hall–Kier alpha value is -2.86. The number of hydrogen-bond donors (Lipinski definition) is 2. The first kappa shape index (κ1) is 19.5. The van der Waals surface area contributed by atoms with E-state index in [0.29, 0.717) is 29.4 Å². The first-order chi connectivity index (χ1) is 14.0. The highest BCUT2D eigenvalue weighted by molar-refractivity contribution is 6.31. The average Bonchev–Trinajstić information content (AvgIpc) is 3.44. The maximum absolute atomic E-state index is 12.7. The third-order valence-electron chi connectivity index (χ3n) is 5.21. The Kier molecular flexibility index (Phi) is 5.53.